The molecular weight excluding hydrogens is 228 g/mol. The topological polar surface area (TPSA) is 72.9 Å². The van der Waals surface area contributed by atoms with Gasteiger partial charge in [-0.1, -0.05) is 0 Å². The second-order valence-corrected chi connectivity index (χ2v) is 4.08. The number of hydrogen-bond donors (Lipinski definition) is 2. The van der Waals surface area contributed by atoms with Crippen LogP contribution in [0.15, 0.2) is 36.7 Å². The summed E-state index contributed by atoms with van der Waals surface area (Å²) in [4.78, 5) is 16.0. The maximum absolute atomic E-state index is 11.8. The minimum atomic E-state index is -0.0933. The summed E-state index contributed by atoms with van der Waals surface area (Å²) in [6, 6.07) is 6.86. The lowest BCUT2D eigenvalue weighted by molar-refractivity contribution is 0.0954. The minimum Gasteiger partial charge on any atom is -0.399 e. The molecule has 3 N–H and O–H groups in total. The number of carbonyl (C=O) groups excluding carboxylic acids is 1. The van der Waals surface area contributed by atoms with Gasteiger partial charge in [0.15, 0.2) is 0 Å². The molecular formula is C13H16N4O. The number of nitrogens with two attached hydrogens (primary N) is 1. The van der Waals surface area contributed by atoms with Gasteiger partial charge in [0.05, 0.1) is 0 Å². The first kappa shape index (κ1) is 12.2. The summed E-state index contributed by atoms with van der Waals surface area (Å²) in [7, 11) is 1.93. The molecule has 1 amide bonds. The van der Waals surface area contributed by atoms with Gasteiger partial charge in [0.25, 0.3) is 5.91 Å². The van der Waals surface area contributed by atoms with E-state index >= 15 is 0 Å². The monoisotopic (exact) mass is 244 g/mol. The van der Waals surface area contributed by atoms with Crippen molar-refractivity contribution >= 4 is 11.6 Å². The van der Waals surface area contributed by atoms with Gasteiger partial charge >= 0.3 is 0 Å². The van der Waals surface area contributed by atoms with Crippen LogP contribution in [0.3, 0.4) is 0 Å². The number of amides is 1. The van der Waals surface area contributed by atoms with Gasteiger partial charge in [-0.05, 0) is 24.3 Å². The Labute approximate surface area is 106 Å². The van der Waals surface area contributed by atoms with Crippen molar-refractivity contribution in [3.05, 3.63) is 48.0 Å². The van der Waals surface area contributed by atoms with Gasteiger partial charge in [0.1, 0.15) is 5.82 Å². The fraction of sp³-hybridized carbons (Fsp3) is 0.231. The van der Waals surface area contributed by atoms with Crippen LogP contribution in [0.1, 0.15) is 16.2 Å². The van der Waals surface area contributed by atoms with Crippen LogP contribution < -0.4 is 11.1 Å². The molecule has 0 saturated heterocycles. The first-order valence-corrected chi connectivity index (χ1v) is 5.77. The number of aryl methyl sites for hydroxylation is 1. The average molecular weight is 244 g/mol. The fourth-order valence-electron chi connectivity index (χ4n) is 1.66. The molecule has 1 heterocycles. The molecule has 0 radical (unpaired) electrons. The molecule has 0 aliphatic heterocycles. The number of imidazole rings is 1. The molecule has 18 heavy (non-hydrogen) atoms. The van der Waals surface area contributed by atoms with E-state index in [0.717, 1.165) is 5.82 Å². The predicted molar refractivity (Wildman–Crippen MR) is 70.1 cm³/mol. The van der Waals surface area contributed by atoms with Gasteiger partial charge in [-0.2, -0.15) is 0 Å². The maximum atomic E-state index is 11.8. The molecule has 5 nitrogen and oxygen atoms in total. The molecule has 0 saturated carbocycles. The van der Waals surface area contributed by atoms with Crippen molar-refractivity contribution in [2.75, 3.05) is 12.3 Å². The van der Waals surface area contributed by atoms with E-state index < -0.39 is 0 Å². The third-order valence-corrected chi connectivity index (χ3v) is 2.73. The van der Waals surface area contributed by atoms with Gasteiger partial charge < -0.3 is 15.6 Å². The SMILES string of the molecule is Cn1ccnc1CCNC(=O)c1ccc(N)cc1. The van der Waals surface area contributed by atoms with Gasteiger partial charge in [-0.15, -0.1) is 0 Å². The first-order chi connectivity index (χ1) is 8.66. The molecule has 0 spiro atoms. The number of benzene rings is 1. The Morgan fingerprint density at radius 1 is 1.39 bits per heavy atom. The Hall–Kier alpha value is -2.30. The molecule has 0 bridgehead atoms. The number of carbonyl (C=O) groups is 1. The van der Waals surface area contributed by atoms with Crippen LogP contribution in [-0.2, 0) is 13.5 Å². The molecule has 2 rings (SSSR count). The van der Waals surface area contributed by atoms with Crippen molar-refractivity contribution in [1.82, 2.24) is 14.9 Å². The summed E-state index contributed by atoms with van der Waals surface area (Å²) in [6.07, 6.45) is 4.35. The second kappa shape index (κ2) is 5.35. The highest BCUT2D eigenvalue weighted by atomic mass is 16.1. The van der Waals surface area contributed by atoms with E-state index in [0.29, 0.717) is 24.2 Å². The van der Waals surface area contributed by atoms with E-state index in [-0.39, 0.29) is 5.91 Å². The predicted octanol–water partition coefficient (Wildman–Crippen LogP) is 0.975. The molecule has 5 heteroatoms. The van der Waals surface area contributed by atoms with Crippen molar-refractivity contribution in [3.8, 4) is 0 Å². The molecule has 0 unspecified atom stereocenters. The van der Waals surface area contributed by atoms with Crippen molar-refractivity contribution in [3.63, 3.8) is 0 Å². The zero-order valence-electron chi connectivity index (χ0n) is 10.3. The third kappa shape index (κ3) is 2.88. The zero-order valence-corrected chi connectivity index (χ0v) is 10.3. The van der Waals surface area contributed by atoms with Gasteiger partial charge in [0.2, 0.25) is 0 Å². The van der Waals surface area contributed by atoms with Crippen LogP contribution in [0, 0.1) is 0 Å². The lowest BCUT2D eigenvalue weighted by Gasteiger charge is -2.05. The summed E-state index contributed by atoms with van der Waals surface area (Å²) in [5.74, 6) is 0.858. The van der Waals surface area contributed by atoms with E-state index in [4.69, 9.17) is 5.73 Å². The minimum absolute atomic E-state index is 0.0933. The van der Waals surface area contributed by atoms with E-state index in [2.05, 4.69) is 10.3 Å². The molecule has 1 aromatic heterocycles. The smallest absolute Gasteiger partial charge is 0.251 e. The van der Waals surface area contributed by atoms with Crippen molar-refractivity contribution in [1.29, 1.82) is 0 Å². The van der Waals surface area contributed by atoms with Crippen molar-refractivity contribution < 1.29 is 4.79 Å². The number of rotatable bonds is 4. The molecule has 1 aromatic carbocycles. The molecule has 94 valence electrons. The number of nitrogens with zero attached hydrogens (tertiary/aromatic N) is 2. The van der Waals surface area contributed by atoms with Crippen molar-refractivity contribution in [2.45, 2.75) is 6.42 Å². The molecule has 2 aromatic rings. The summed E-state index contributed by atoms with van der Waals surface area (Å²) in [5.41, 5.74) is 6.83. The van der Waals surface area contributed by atoms with E-state index in [1.165, 1.54) is 0 Å². The standard InChI is InChI=1S/C13H16N4O/c1-17-9-8-15-12(17)6-7-16-13(18)10-2-4-11(14)5-3-10/h2-5,8-9H,6-7,14H2,1H3,(H,16,18). The van der Waals surface area contributed by atoms with E-state index in [1.807, 2.05) is 17.8 Å². The Morgan fingerprint density at radius 2 is 2.11 bits per heavy atom. The summed E-state index contributed by atoms with van der Waals surface area (Å²) < 4.78 is 1.94. The number of nitrogens with one attached hydrogen (secondary N) is 1. The van der Waals surface area contributed by atoms with Crippen molar-refractivity contribution in [2.24, 2.45) is 7.05 Å². The highest BCUT2D eigenvalue weighted by molar-refractivity contribution is 5.94. The highest BCUT2D eigenvalue weighted by Gasteiger charge is 2.05. The molecule has 0 atom stereocenters. The molecule has 0 fully saturated rings. The van der Waals surface area contributed by atoms with Crippen LogP contribution in [0.2, 0.25) is 0 Å². The lowest BCUT2D eigenvalue weighted by atomic mass is 10.2. The Kier molecular flexibility index (Phi) is 3.62. The summed E-state index contributed by atoms with van der Waals surface area (Å²) in [5, 5.41) is 2.85. The molecule has 0 aliphatic rings. The van der Waals surface area contributed by atoms with E-state index in [1.54, 1.807) is 30.5 Å². The molecule has 0 aliphatic carbocycles. The van der Waals surface area contributed by atoms with Gasteiger partial charge in [-0.25, -0.2) is 4.98 Å². The number of nitrogen functional groups attached to an aromatic ring is 1. The third-order valence-electron chi connectivity index (χ3n) is 2.73. The lowest BCUT2D eigenvalue weighted by Crippen LogP contribution is -2.26. The van der Waals surface area contributed by atoms with Crippen LogP contribution in [0.25, 0.3) is 0 Å². The second-order valence-electron chi connectivity index (χ2n) is 4.08. The average Bonchev–Trinajstić information content (AvgIpc) is 2.76. The quantitative estimate of drug-likeness (QED) is 0.787. The summed E-state index contributed by atoms with van der Waals surface area (Å²) >= 11 is 0. The Morgan fingerprint density at radius 3 is 2.72 bits per heavy atom. The first-order valence-electron chi connectivity index (χ1n) is 5.77. The largest absolute Gasteiger partial charge is 0.399 e. The maximum Gasteiger partial charge on any atom is 0.251 e. The van der Waals surface area contributed by atoms with Crippen LogP contribution in [0.4, 0.5) is 5.69 Å². The number of hydrogen-bond acceptors (Lipinski definition) is 3. The number of aromatic nitrogens is 2. The van der Waals surface area contributed by atoms with Crippen LogP contribution in [-0.4, -0.2) is 22.0 Å². The zero-order chi connectivity index (χ0) is 13.0. The summed E-state index contributed by atoms with van der Waals surface area (Å²) in [6.45, 7) is 0.564. The normalized spacial score (nSPS) is 10.3. The Bertz CT molecular complexity index is 530. The highest BCUT2D eigenvalue weighted by Crippen LogP contribution is 2.05. The van der Waals surface area contributed by atoms with E-state index in [9.17, 15) is 4.79 Å². The van der Waals surface area contributed by atoms with Gasteiger partial charge in [0, 0.05) is 43.7 Å². The number of anilines is 1. The fourth-order valence-corrected chi connectivity index (χ4v) is 1.66. The Balaban J connectivity index is 1.85. The van der Waals surface area contributed by atoms with Crippen LogP contribution in [0.5, 0.6) is 0 Å². The van der Waals surface area contributed by atoms with Gasteiger partial charge in [-0.3, -0.25) is 4.79 Å². The van der Waals surface area contributed by atoms with Crippen LogP contribution >= 0.6 is 0 Å².